The first-order valence-corrected chi connectivity index (χ1v) is 9.33. The molecule has 2 aromatic rings. The Morgan fingerprint density at radius 3 is 2.29 bits per heavy atom. The average Bonchev–Trinajstić information content (AvgIpc) is 2.65. The largest absolute Gasteiger partial charge is 0.396 e. The molecule has 2 N–H and O–H groups in total. The minimum absolute atomic E-state index is 0.0125. The van der Waals surface area contributed by atoms with Crippen molar-refractivity contribution in [2.75, 3.05) is 26.4 Å². The molecular formula is C20H25NO2S. The number of hydrogen-bond donors (Lipinski definition) is 2. The van der Waals surface area contributed by atoms with Crippen LogP contribution in [0.3, 0.4) is 0 Å². The minimum Gasteiger partial charge on any atom is -0.396 e. The standard InChI is InChI=1S/C20H25NO2S/c22-16-20(10-12-23-13-11-20)15-21-14-17-6-8-19(9-7-17)24-18-4-2-1-3-5-18/h1-9,21-22H,10-16H2. The van der Waals surface area contributed by atoms with Crippen molar-refractivity contribution in [2.45, 2.75) is 29.2 Å². The first-order valence-electron chi connectivity index (χ1n) is 8.51. The Hall–Kier alpha value is -1.33. The van der Waals surface area contributed by atoms with E-state index in [4.69, 9.17) is 4.74 Å². The van der Waals surface area contributed by atoms with Gasteiger partial charge in [0.25, 0.3) is 0 Å². The Morgan fingerprint density at radius 1 is 0.958 bits per heavy atom. The first-order chi connectivity index (χ1) is 11.8. The summed E-state index contributed by atoms with van der Waals surface area (Å²) in [5.41, 5.74) is 1.26. The Labute approximate surface area is 148 Å². The van der Waals surface area contributed by atoms with Crippen LogP contribution < -0.4 is 5.32 Å². The highest BCUT2D eigenvalue weighted by Gasteiger charge is 2.31. The molecule has 0 spiro atoms. The zero-order valence-corrected chi connectivity index (χ0v) is 14.7. The molecule has 1 fully saturated rings. The molecule has 0 aliphatic carbocycles. The van der Waals surface area contributed by atoms with Crippen molar-refractivity contribution in [1.29, 1.82) is 0 Å². The van der Waals surface area contributed by atoms with Crippen molar-refractivity contribution in [3.63, 3.8) is 0 Å². The number of rotatable bonds is 7. The van der Waals surface area contributed by atoms with Crippen LogP contribution in [0.1, 0.15) is 18.4 Å². The van der Waals surface area contributed by atoms with Crippen LogP contribution in [-0.2, 0) is 11.3 Å². The maximum Gasteiger partial charge on any atom is 0.0501 e. The molecule has 1 saturated heterocycles. The molecule has 128 valence electrons. The summed E-state index contributed by atoms with van der Waals surface area (Å²) in [5.74, 6) is 0. The van der Waals surface area contributed by atoms with E-state index in [2.05, 4.69) is 53.8 Å². The average molecular weight is 343 g/mol. The topological polar surface area (TPSA) is 41.5 Å². The summed E-state index contributed by atoms with van der Waals surface area (Å²) in [7, 11) is 0. The Kier molecular flexibility index (Phi) is 6.32. The zero-order chi connectivity index (χ0) is 16.7. The van der Waals surface area contributed by atoms with Crippen molar-refractivity contribution in [2.24, 2.45) is 5.41 Å². The second-order valence-corrected chi connectivity index (χ2v) is 7.58. The van der Waals surface area contributed by atoms with Gasteiger partial charge in [-0.15, -0.1) is 0 Å². The Bertz CT molecular complexity index is 609. The van der Waals surface area contributed by atoms with E-state index in [1.54, 1.807) is 11.8 Å². The maximum atomic E-state index is 9.72. The van der Waals surface area contributed by atoms with Crippen molar-refractivity contribution in [1.82, 2.24) is 5.32 Å². The van der Waals surface area contributed by atoms with Gasteiger partial charge in [0.15, 0.2) is 0 Å². The third-order valence-corrected chi connectivity index (χ3v) is 5.64. The van der Waals surface area contributed by atoms with Crippen LogP contribution >= 0.6 is 11.8 Å². The number of hydrogen-bond acceptors (Lipinski definition) is 4. The van der Waals surface area contributed by atoms with Crippen LogP contribution in [0.15, 0.2) is 64.4 Å². The summed E-state index contributed by atoms with van der Waals surface area (Å²) in [6.45, 7) is 3.42. The van der Waals surface area contributed by atoms with Gasteiger partial charge in [0.05, 0.1) is 6.61 Å². The molecule has 24 heavy (non-hydrogen) atoms. The van der Waals surface area contributed by atoms with E-state index in [1.807, 2.05) is 6.07 Å². The minimum atomic E-state index is -0.0125. The quantitative estimate of drug-likeness (QED) is 0.804. The maximum absolute atomic E-state index is 9.72. The molecule has 0 radical (unpaired) electrons. The number of aliphatic hydroxyl groups is 1. The van der Waals surface area contributed by atoms with E-state index in [0.717, 1.165) is 39.1 Å². The van der Waals surface area contributed by atoms with E-state index in [1.165, 1.54) is 15.4 Å². The zero-order valence-electron chi connectivity index (χ0n) is 13.9. The second kappa shape index (κ2) is 8.67. The van der Waals surface area contributed by atoms with Crippen LogP contribution in [0.5, 0.6) is 0 Å². The van der Waals surface area contributed by atoms with E-state index < -0.39 is 0 Å². The third kappa shape index (κ3) is 4.84. The van der Waals surface area contributed by atoms with Gasteiger partial charge in [-0.1, -0.05) is 42.1 Å². The van der Waals surface area contributed by atoms with Gasteiger partial charge in [-0.2, -0.15) is 0 Å². The van der Waals surface area contributed by atoms with Gasteiger partial charge in [0, 0.05) is 41.5 Å². The van der Waals surface area contributed by atoms with Crippen LogP contribution in [0.4, 0.5) is 0 Å². The second-order valence-electron chi connectivity index (χ2n) is 6.43. The van der Waals surface area contributed by atoms with E-state index in [9.17, 15) is 5.11 Å². The van der Waals surface area contributed by atoms with Gasteiger partial charge < -0.3 is 15.2 Å². The summed E-state index contributed by atoms with van der Waals surface area (Å²) in [4.78, 5) is 2.51. The van der Waals surface area contributed by atoms with Gasteiger partial charge >= 0.3 is 0 Å². The lowest BCUT2D eigenvalue weighted by Gasteiger charge is -2.35. The molecule has 0 saturated carbocycles. The van der Waals surface area contributed by atoms with Crippen LogP contribution in [0.25, 0.3) is 0 Å². The molecule has 3 nitrogen and oxygen atoms in total. The van der Waals surface area contributed by atoms with E-state index >= 15 is 0 Å². The lowest BCUT2D eigenvalue weighted by molar-refractivity contribution is -0.0154. The van der Waals surface area contributed by atoms with E-state index in [-0.39, 0.29) is 12.0 Å². The Morgan fingerprint density at radius 2 is 1.62 bits per heavy atom. The monoisotopic (exact) mass is 343 g/mol. The summed E-state index contributed by atoms with van der Waals surface area (Å²) in [5, 5.41) is 13.2. The summed E-state index contributed by atoms with van der Waals surface area (Å²) in [6, 6.07) is 19.1. The fourth-order valence-corrected chi connectivity index (χ4v) is 3.80. The van der Waals surface area contributed by atoms with Crippen LogP contribution in [-0.4, -0.2) is 31.5 Å². The predicted octanol–water partition coefficient (Wildman–Crippen LogP) is 3.72. The SMILES string of the molecule is OCC1(CNCc2ccc(Sc3ccccc3)cc2)CCOCC1. The van der Waals surface area contributed by atoms with Gasteiger partial charge in [0.2, 0.25) is 0 Å². The lowest BCUT2D eigenvalue weighted by Crippen LogP contribution is -2.41. The number of nitrogens with one attached hydrogen (secondary N) is 1. The van der Waals surface area contributed by atoms with Gasteiger partial charge in [-0.25, -0.2) is 0 Å². The molecule has 0 unspecified atom stereocenters. The molecule has 0 aromatic heterocycles. The van der Waals surface area contributed by atoms with Crippen molar-refractivity contribution < 1.29 is 9.84 Å². The summed E-state index contributed by atoms with van der Waals surface area (Å²) in [6.07, 6.45) is 1.87. The molecule has 1 aliphatic rings. The summed E-state index contributed by atoms with van der Waals surface area (Å²) >= 11 is 1.78. The molecule has 4 heteroatoms. The van der Waals surface area contributed by atoms with Crippen molar-refractivity contribution in [3.05, 3.63) is 60.2 Å². The summed E-state index contributed by atoms with van der Waals surface area (Å²) < 4.78 is 5.41. The highest BCUT2D eigenvalue weighted by Crippen LogP contribution is 2.29. The molecule has 0 atom stereocenters. The molecule has 0 amide bonds. The fourth-order valence-electron chi connectivity index (χ4n) is 2.97. The molecule has 0 bridgehead atoms. The lowest BCUT2D eigenvalue weighted by atomic mass is 9.81. The van der Waals surface area contributed by atoms with Crippen LogP contribution in [0, 0.1) is 5.41 Å². The van der Waals surface area contributed by atoms with E-state index in [0.29, 0.717) is 0 Å². The normalized spacial score (nSPS) is 16.9. The van der Waals surface area contributed by atoms with Gasteiger partial charge in [-0.05, 0) is 42.7 Å². The number of ether oxygens (including phenoxy) is 1. The Balaban J connectivity index is 1.49. The molecule has 1 heterocycles. The first kappa shape index (κ1) is 17.5. The molecular weight excluding hydrogens is 318 g/mol. The predicted molar refractivity (Wildman–Crippen MR) is 98.3 cm³/mol. The number of benzene rings is 2. The molecule has 2 aromatic carbocycles. The van der Waals surface area contributed by atoms with Gasteiger partial charge in [0.1, 0.15) is 0 Å². The fraction of sp³-hybridized carbons (Fsp3) is 0.400. The molecule has 1 aliphatic heterocycles. The number of aliphatic hydroxyl groups excluding tert-OH is 1. The smallest absolute Gasteiger partial charge is 0.0501 e. The molecule has 3 rings (SSSR count). The van der Waals surface area contributed by atoms with Crippen molar-refractivity contribution in [3.8, 4) is 0 Å². The third-order valence-electron chi connectivity index (χ3n) is 4.62. The van der Waals surface area contributed by atoms with Crippen molar-refractivity contribution >= 4 is 11.8 Å². The highest BCUT2D eigenvalue weighted by molar-refractivity contribution is 7.99. The van der Waals surface area contributed by atoms with Gasteiger partial charge in [-0.3, -0.25) is 0 Å². The van der Waals surface area contributed by atoms with Crippen LogP contribution in [0.2, 0.25) is 0 Å². The highest BCUT2D eigenvalue weighted by atomic mass is 32.2.